The Morgan fingerprint density at radius 1 is 0.323 bits per heavy atom. The predicted octanol–water partition coefficient (Wildman–Crippen LogP) is 25.7. The molecule has 0 fully saturated rings. The van der Waals surface area contributed by atoms with Crippen LogP contribution >= 0.6 is 0 Å². The number of likely N-dealkylation sites (N-methyl/N-ethyl adjacent to an activating group) is 1. The molecule has 0 bridgehead atoms. The Labute approximate surface area is 596 Å². The fourth-order valence-electron chi connectivity index (χ4n) is 12.7. The van der Waals surface area contributed by atoms with Gasteiger partial charge in [-0.15, -0.1) is 0 Å². The second-order valence-corrected chi connectivity index (χ2v) is 29.8. The molecule has 2 atom stereocenters. The van der Waals surface area contributed by atoms with E-state index in [2.05, 4.69) is 74.6 Å². The van der Waals surface area contributed by atoms with E-state index in [1.807, 2.05) is 21.1 Å². The van der Waals surface area contributed by atoms with Gasteiger partial charge in [0, 0.05) is 12.8 Å². The van der Waals surface area contributed by atoms with Crippen LogP contribution in [0.25, 0.3) is 0 Å². The number of esters is 2. The highest BCUT2D eigenvalue weighted by atomic mass is 16.7. The lowest BCUT2D eigenvalue weighted by molar-refractivity contribution is -0.870. The van der Waals surface area contributed by atoms with Gasteiger partial charge in [0.2, 0.25) is 0 Å². The predicted molar refractivity (Wildman–Crippen MR) is 412 cm³/mol. The average molecular weight is 1350 g/mol. The molecular formula is C87H161NO8. The Morgan fingerprint density at radius 2 is 0.594 bits per heavy atom. The van der Waals surface area contributed by atoms with E-state index >= 15 is 0 Å². The van der Waals surface area contributed by atoms with Crippen molar-refractivity contribution < 1.29 is 42.9 Å². The number of nitrogens with zero attached hydrogens (tertiary/aromatic N) is 1. The van der Waals surface area contributed by atoms with Gasteiger partial charge in [0.15, 0.2) is 12.4 Å². The SMILES string of the molecule is CC/C=C\C/C=C\C/C=C\C/C=C\C/C=C\CCCCCCCCCCCCCCCCCCCC(=O)OC(COC(=O)CCCCCCCCCCCCCCCCCCCCCCCCCCCCCCCCCCCCCCCC)COC(OCC[N+](C)(C)C)C(=O)[O-]. The van der Waals surface area contributed by atoms with Crippen LogP contribution in [0.4, 0.5) is 0 Å². The fraction of sp³-hybridized carbons (Fsp3) is 0.851. The van der Waals surface area contributed by atoms with Crippen molar-refractivity contribution >= 4 is 17.9 Å². The van der Waals surface area contributed by atoms with E-state index in [1.54, 1.807) is 0 Å². The van der Waals surface area contributed by atoms with E-state index in [1.165, 1.54) is 321 Å². The molecular weight excluding hydrogens is 1190 g/mol. The molecule has 0 aliphatic heterocycles. The van der Waals surface area contributed by atoms with Gasteiger partial charge >= 0.3 is 11.9 Å². The zero-order chi connectivity index (χ0) is 69.7. The molecule has 0 N–H and O–H groups in total. The van der Waals surface area contributed by atoms with E-state index in [9.17, 15) is 19.5 Å². The number of rotatable bonds is 79. The van der Waals surface area contributed by atoms with Gasteiger partial charge in [-0.05, 0) is 57.8 Å². The van der Waals surface area contributed by atoms with Crippen molar-refractivity contribution in [2.45, 2.75) is 431 Å². The van der Waals surface area contributed by atoms with Crippen LogP contribution < -0.4 is 5.11 Å². The molecule has 0 aromatic carbocycles. The molecule has 2 unspecified atom stereocenters. The maximum atomic E-state index is 13.0. The van der Waals surface area contributed by atoms with Gasteiger partial charge in [-0.1, -0.05) is 408 Å². The first-order chi connectivity index (χ1) is 47.1. The molecule has 9 heteroatoms. The number of hydrogen-bond acceptors (Lipinski definition) is 8. The lowest BCUT2D eigenvalue weighted by Gasteiger charge is -2.26. The summed E-state index contributed by atoms with van der Waals surface area (Å²) >= 11 is 0. The zero-order valence-electron chi connectivity index (χ0n) is 64.5. The fourth-order valence-corrected chi connectivity index (χ4v) is 12.7. The van der Waals surface area contributed by atoms with Crippen molar-refractivity contribution in [2.24, 2.45) is 0 Å². The molecule has 562 valence electrons. The zero-order valence-corrected chi connectivity index (χ0v) is 64.5. The number of carbonyl (C=O) groups excluding carboxylic acids is 3. The Morgan fingerprint density at radius 3 is 0.885 bits per heavy atom. The van der Waals surface area contributed by atoms with Crippen molar-refractivity contribution in [3.05, 3.63) is 60.8 Å². The van der Waals surface area contributed by atoms with Gasteiger partial charge in [0.1, 0.15) is 13.2 Å². The standard InChI is InChI=1S/C87H161NO8/c1-6-8-10-12-14-16-18-20-22-24-26-28-30-32-34-36-38-40-41-42-43-44-46-47-49-51-53-55-57-59-61-63-65-67-69-71-73-75-77-84(89)94-81-83(82-95-87(86(91)92)93-80-79-88(3,4)5)96-85(90)78-76-74-72-70-68-66-64-62-60-58-56-54-52-50-48-45-39-37-35-33-31-29-27-25-23-21-19-17-15-13-11-9-7-2/h9,11,15,17,21,23,27,29,33,35,83,87H,6-8,10,12-14,16,18-20,22,24-26,28,30-32,34,36-82H2,1-5H3/b11-9-,17-15-,23-21-,29-27-,35-33-. The maximum absolute atomic E-state index is 13.0. The molecule has 9 nitrogen and oxygen atoms in total. The third-order valence-electron chi connectivity index (χ3n) is 19.0. The van der Waals surface area contributed by atoms with E-state index in [0.29, 0.717) is 23.9 Å². The van der Waals surface area contributed by atoms with Crippen LogP contribution in [-0.4, -0.2) is 82.3 Å². The van der Waals surface area contributed by atoms with Gasteiger partial charge in [0.25, 0.3) is 0 Å². The molecule has 0 aliphatic rings. The molecule has 0 saturated heterocycles. The summed E-state index contributed by atoms with van der Waals surface area (Å²) < 4.78 is 22.9. The van der Waals surface area contributed by atoms with Crippen LogP contribution in [0.5, 0.6) is 0 Å². The smallest absolute Gasteiger partial charge is 0.306 e. The number of ether oxygens (including phenoxy) is 4. The van der Waals surface area contributed by atoms with Crippen LogP contribution in [0.2, 0.25) is 0 Å². The highest BCUT2D eigenvalue weighted by molar-refractivity contribution is 5.70. The van der Waals surface area contributed by atoms with Crippen molar-refractivity contribution in [2.75, 3.05) is 47.5 Å². The number of carboxylic acids is 1. The molecule has 0 aromatic heterocycles. The molecule has 0 aromatic rings. The first-order valence-corrected chi connectivity index (χ1v) is 41.9. The topological polar surface area (TPSA) is 111 Å². The molecule has 0 heterocycles. The monoisotopic (exact) mass is 1350 g/mol. The minimum atomic E-state index is -1.62. The van der Waals surface area contributed by atoms with Crippen LogP contribution in [0.3, 0.4) is 0 Å². The van der Waals surface area contributed by atoms with Gasteiger partial charge < -0.3 is 33.3 Å². The van der Waals surface area contributed by atoms with Crippen molar-refractivity contribution in [1.82, 2.24) is 0 Å². The van der Waals surface area contributed by atoms with Crippen LogP contribution in [0.15, 0.2) is 60.8 Å². The van der Waals surface area contributed by atoms with Gasteiger partial charge in [-0.25, -0.2) is 0 Å². The highest BCUT2D eigenvalue weighted by Crippen LogP contribution is 2.20. The second-order valence-electron chi connectivity index (χ2n) is 29.8. The third-order valence-corrected chi connectivity index (χ3v) is 19.0. The summed E-state index contributed by atoms with van der Waals surface area (Å²) in [7, 11) is 5.95. The lowest BCUT2D eigenvalue weighted by Crippen LogP contribution is -2.44. The number of allylic oxidation sites excluding steroid dienone is 10. The molecule has 0 saturated carbocycles. The summed E-state index contributed by atoms with van der Waals surface area (Å²) in [6, 6.07) is 0. The first kappa shape index (κ1) is 93.0. The Balaban J connectivity index is 3.94. The van der Waals surface area contributed by atoms with Crippen LogP contribution in [-0.2, 0) is 33.3 Å². The van der Waals surface area contributed by atoms with Crippen LogP contribution in [0.1, 0.15) is 418 Å². The Kier molecular flexibility index (Phi) is 75.3. The largest absolute Gasteiger partial charge is 0.545 e. The maximum Gasteiger partial charge on any atom is 0.306 e. The lowest BCUT2D eigenvalue weighted by atomic mass is 10.0. The van der Waals surface area contributed by atoms with Crippen molar-refractivity contribution in [1.29, 1.82) is 0 Å². The van der Waals surface area contributed by atoms with Gasteiger partial charge in [-0.2, -0.15) is 0 Å². The number of carboxylic acid groups (broad SMARTS) is 1. The minimum absolute atomic E-state index is 0.149. The molecule has 0 radical (unpaired) electrons. The van der Waals surface area contributed by atoms with Crippen molar-refractivity contribution in [3.63, 3.8) is 0 Å². The van der Waals surface area contributed by atoms with E-state index in [-0.39, 0.29) is 32.2 Å². The molecule has 96 heavy (non-hydrogen) atoms. The first-order valence-electron chi connectivity index (χ1n) is 41.9. The Bertz CT molecular complexity index is 1760. The number of unbranched alkanes of at least 4 members (excludes halogenated alkanes) is 54. The highest BCUT2D eigenvalue weighted by Gasteiger charge is 2.22. The van der Waals surface area contributed by atoms with Crippen molar-refractivity contribution in [3.8, 4) is 0 Å². The van der Waals surface area contributed by atoms with Crippen LogP contribution in [0, 0.1) is 0 Å². The third kappa shape index (κ3) is 78.3. The molecule has 0 rings (SSSR count). The number of quaternary nitrogens is 1. The number of hydrogen-bond donors (Lipinski definition) is 0. The average Bonchev–Trinajstić information content (AvgIpc) is 2.40. The quantitative estimate of drug-likeness (QED) is 0.0195. The Hall–Kier alpha value is -3.01. The number of aliphatic carboxylic acids is 1. The van der Waals surface area contributed by atoms with E-state index in [0.717, 1.165) is 64.2 Å². The van der Waals surface area contributed by atoms with Gasteiger partial charge in [-0.3, -0.25) is 9.59 Å². The summed E-state index contributed by atoms with van der Waals surface area (Å²) in [6.07, 6.45) is 101. The van der Waals surface area contributed by atoms with E-state index < -0.39 is 24.3 Å². The summed E-state index contributed by atoms with van der Waals surface area (Å²) in [6.45, 7) is 4.71. The van der Waals surface area contributed by atoms with Gasteiger partial charge in [0.05, 0.1) is 40.3 Å². The summed E-state index contributed by atoms with van der Waals surface area (Å²) in [4.78, 5) is 37.6. The molecule has 0 aliphatic carbocycles. The summed E-state index contributed by atoms with van der Waals surface area (Å²) in [5.74, 6) is -2.25. The number of carbonyl (C=O) groups is 3. The summed E-state index contributed by atoms with van der Waals surface area (Å²) in [5.41, 5.74) is 0. The second kappa shape index (κ2) is 77.7. The molecule has 0 spiro atoms. The minimum Gasteiger partial charge on any atom is -0.545 e. The molecule has 0 amide bonds. The summed E-state index contributed by atoms with van der Waals surface area (Å²) in [5, 5.41) is 11.9. The van der Waals surface area contributed by atoms with E-state index in [4.69, 9.17) is 18.9 Å². The normalized spacial score (nSPS) is 12.9.